The van der Waals surface area contributed by atoms with Gasteiger partial charge in [-0.2, -0.15) is 0 Å². The van der Waals surface area contributed by atoms with Gasteiger partial charge in [0, 0.05) is 28.9 Å². The molecule has 1 aromatic heterocycles. The van der Waals surface area contributed by atoms with Gasteiger partial charge in [-0.15, -0.1) is 0 Å². The average molecular weight is 435 g/mol. The molecule has 3 aromatic rings. The number of likely N-dealkylation sites (tertiary alicyclic amines) is 1. The predicted octanol–water partition coefficient (Wildman–Crippen LogP) is 6.05. The number of halogens is 1. The smallest absolute Gasteiger partial charge is 0.163 e. The van der Waals surface area contributed by atoms with E-state index in [-0.39, 0.29) is 5.78 Å². The van der Waals surface area contributed by atoms with Gasteiger partial charge in [-0.25, -0.2) is 0 Å². The lowest BCUT2D eigenvalue weighted by atomic mass is 9.99. The lowest BCUT2D eigenvalue weighted by Gasteiger charge is -2.18. The Hall–Kier alpha value is -2.69. The fraction of sp³-hybridized carbons (Fsp3) is 0.308. The van der Waals surface area contributed by atoms with Crippen LogP contribution in [0.25, 0.3) is 22.4 Å². The molecule has 1 fully saturated rings. The van der Waals surface area contributed by atoms with Crippen LogP contribution >= 0.6 is 11.6 Å². The van der Waals surface area contributed by atoms with E-state index < -0.39 is 0 Å². The van der Waals surface area contributed by atoms with Crippen molar-refractivity contribution in [1.82, 2.24) is 9.88 Å². The van der Waals surface area contributed by atoms with Gasteiger partial charge < -0.3 is 4.74 Å². The molecule has 5 heteroatoms. The third kappa shape index (κ3) is 5.15. The van der Waals surface area contributed by atoms with Gasteiger partial charge in [0.2, 0.25) is 0 Å². The summed E-state index contributed by atoms with van der Waals surface area (Å²) in [6, 6.07) is 15.7. The summed E-state index contributed by atoms with van der Waals surface area (Å²) >= 11 is 5.98. The zero-order valence-corrected chi connectivity index (χ0v) is 18.8. The Morgan fingerprint density at radius 3 is 2.39 bits per heavy atom. The van der Waals surface area contributed by atoms with Crippen LogP contribution in [0.1, 0.15) is 35.7 Å². The van der Waals surface area contributed by atoms with Crippen LogP contribution in [0.15, 0.2) is 54.7 Å². The highest BCUT2D eigenvalue weighted by Crippen LogP contribution is 2.31. The zero-order valence-electron chi connectivity index (χ0n) is 18.0. The van der Waals surface area contributed by atoms with Crippen molar-refractivity contribution >= 4 is 17.4 Å². The summed E-state index contributed by atoms with van der Waals surface area (Å²) in [6.07, 6.45) is 4.37. The van der Waals surface area contributed by atoms with E-state index in [1.165, 1.54) is 12.8 Å². The van der Waals surface area contributed by atoms with Gasteiger partial charge in [0.1, 0.15) is 12.4 Å². The molecule has 0 aliphatic carbocycles. The van der Waals surface area contributed by atoms with Crippen molar-refractivity contribution in [3.63, 3.8) is 0 Å². The average Bonchev–Trinajstić information content (AvgIpc) is 3.29. The van der Waals surface area contributed by atoms with Gasteiger partial charge in [-0.1, -0.05) is 29.8 Å². The van der Waals surface area contributed by atoms with Crippen LogP contribution in [-0.2, 0) is 0 Å². The van der Waals surface area contributed by atoms with Crippen LogP contribution in [0.5, 0.6) is 5.75 Å². The number of rotatable bonds is 7. The van der Waals surface area contributed by atoms with Crippen molar-refractivity contribution in [3.8, 4) is 28.1 Å². The topological polar surface area (TPSA) is 42.4 Å². The minimum Gasteiger partial charge on any atom is -0.491 e. The number of carbonyl (C=O) groups excluding carboxylic acids is 1. The maximum atomic E-state index is 12.4. The third-order valence-corrected chi connectivity index (χ3v) is 6.00. The Kier molecular flexibility index (Phi) is 6.69. The zero-order chi connectivity index (χ0) is 21.8. The summed E-state index contributed by atoms with van der Waals surface area (Å²) in [5.41, 5.74) is 5.38. The molecule has 2 aromatic carbocycles. The predicted molar refractivity (Wildman–Crippen MR) is 126 cm³/mol. The molecule has 0 saturated carbocycles. The molecule has 0 unspecified atom stereocenters. The second-order valence-electron chi connectivity index (χ2n) is 8.06. The first-order valence-corrected chi connectivity index (χ1v) is 11.1. The van der Waals surface area contributed by atoms with E-state index in [0.29, 0.717) is 22.9 Å². The molecule has 31 heavy (non-hydrogen) atoms. The second kappa shape index (κ2) is 9.63. The summed E-state index contributed by atoms with van der Waals surface area (Å²) in [6.45, 7) is 7.34. The molecule has 160 valence electrons. The first-order chi connectivity index (χ1) is 15.0. The number of ketones is 1. The molecule has 1 saturated heterocycles. The number of carbonyl (C=O) groups is 1. The largest absolute Gasteiger partial charge is 0.491 e. The number of aryl methyl sites for hydroxylation is 1. The van der Waals surface area contributed by atoms with Crippen molar-refractivity contribution in [2.45, 2.75) is 26.7 Å². The summed E-state index contributed by atoms with van der Waals surface area (Å²) in [7, 11) is 0. The molecule has 0 radical (unpaired) electrons. The van der Waals surface area contributed by atoms with Crippen LogP contribution < -0.4 is 4.74 Å². The second-order valence-corrected chi connectivity index (χ2v) is 8.50. The molecule has 4 nitrogen and oxygen atoms in total. The number of hydrogen-bond acceptors (Lipinski definition) is 4. The number of aromatic nitrogens is 1. The van der Waals surface area contributed by atoms with Crippen molar-refractivity contribution in [2.75, 3.05) is 26.2 Å². The molecule has 0 bridgehead atoms. The van der Waals surface area contributed by atoms with Crippen LogP contribution in [0.4, 0.5) is 0 Å². The molecule has 0 amide bonds. The quantitative estimate of drug-likeness (QED) is 0.424. The summed E-state index contributed by atoms with van der Waals surface area (Å²) in [4.78, 5) is 19.4. The van der Waals surface area contributed by atoms with Crippen molar-refractivity contribution in [3.05, 3.63) is 70.9 Å². The lowest BCUT2D eigenvalue weighted by molar-refractivity contribution is 0.101. The molecule has 1 aliphatic heterocycles. The molecule has 0 spiro atoms. The maximum absolute atomic E-state index is 12.4. The maximum Gasteiger partial charge on any atom is 0.163 e. The fourth-order valence-electron chi connectivity index (χ4n) is 4.04. The standard InChI is InChI=1S/C26H27ClN2O2/c1-18-15-22(25-10-7-21(17-28-25)20-5-8-23(27)9-6-20)16-24(19(2)30)26(18)31-14-13-29-11-3-4-12-29/h5-10,15-17H,3-4,11-14H2,1-2H3. The third-order valence-electron chi connectivity index (χ3n) is 5.74. The van der Waals surface area contributed by atoms with E-state index in [1.54, 1.807) is 6.92 Å². The summed E-state index contributed by atoms with van der Waals surface area (Å²) in [5, 5.41) is 0.711. The SMILES string of the molecule is CC(=O)c1cc(-c2ccc(-c3ccc(Cl)cc3)cn2)cc(C)c1OCCN1CCCC1. The fourth-order valence-corrected chi connectivity index (χ4v) is 4.16. The number of hydrogen-bond donors (Lipinski definition) is 0. The van der Waals surface area contributed by atoms with Gasteiger partial charge in [0.05, 0.1) is 11.3 Å². The summed E-state index contributed by atoms with van der Waals surface area (Å²) in [5.74, 6) is 0.687. The first-order valence-electron chi connectivity index (χ1n) is 10.7. The summed E-state index contributed by atoms with van der Waals surface area (Å²) < 4.78 is 6.07. The minimum atomic E-state index is -0.00101. The van der Waals surface area contributed by atoms with E-state index in [0.717, 1.165) is 47.6 Å². The molecular formula is C26H27ClN2O2. The Labute approximate surface area is 188 Å². The molecule has 0 N–H and O–H groups in total. The number of nitrogens with zero attached hydrogens (tertiary/aromatic N) is 2. The van der Waals surface area contributed by atoms with E-state index in [1.807, 2.05) is 61.7 Å². The van der Waals surface area contributed by atoms with Gasteiger partial charge >= 0.3 is 0 Å². The Balaban J connectivity index is 1.55. The number of pyridine rings is 1. The van der Waals surface area contributed by atoms with Gasteiger partial charge in [-0.05, 0) is 81.2 Å². The number of Topliss-reactive ketones (excluding diaryl/α,β-unsaturated/α-hetero) is 1. The highest BCUT2D eigenvalue weighted by atomic mass is 35.5. The van der Waals surface area contributed by atoms with Crippen molar-refractivity contribution < 1.29 is 9.53 Å². The number of benzene rings is 2. The van der Waals surface area contributed by atoms with Crippen molar-refractivity contribution in [1.29, 1.82) is 0 Å². The molecule has 1 aliphatic rings. The number of ether oxygens (including phenoxy) is 1. The Morgan fingerprint density at radius 2 is 1.74 bits per heavy atom. The van der Waals surface area contributed by atoms with E-state index in [9.17, 15) is 4.79 Å². The van der Waals surface area contributed by atoms with Gasteiger partial charge in [-0.3, -0.25) is 14.7 Å². The molecular weight excluding hydrogens is 408 g/mol. The van der Waals surface area contributed by atoms with Crippen molar-refractivity contribution in [2.24, 2.45) is 0 Å². The van der Waals surface area contributed by atoms with E-state index >= 15 is 0 Å². The highest BCUT2D eigenvalue weighted by Gasteiger charge is 2.16. The molecule has 0 atom stereocenters. The minimum absolute atomic E-state index is 0.00101. The van der Waals surface area contributed by atoms with Crippen LogP contribution in [-0.4, -0.2) is 41.9 Å². The van der Waals surface area contributed by atoms with Crippen LogP contribution in [0.3, 0.4) is 0 Å². The Bertz CT molecular complexity index is 1060. The highest BCUT2D eigenvalue weighted by molar-refractivity contribution is 6.30. The Morgan fingerprint density at radius 1 is 1.03 bits per heavy atom. The van der Waals surface area contributed by atoms with E-state index in [2.05, 4.69) is 9.88 Å². The normalized spacial score (nSPS) is 14.0. The first kappa shape index (κ1) is 21.5. The lowest BCUT2D eigenvalue weighted by Crippen LogP contribution is -2.25. The molecule has 2 heterocycles. The monoisotopic (exact) mass is 434 g/mol. The van der Waals surface area contributed by atoms with E-state index in [4.69, 9.17) is 16.3 Å². The molecule has 4 rings (SSSR count). The van der Waals surface area contributed by atoms with Gasteiger partial charge in [0.15, 0.2) is 5.78 Å². The van der Waals surface area contributed by atoms with Crippen LogP contribution in [0, 0.1) is 6.92 Å². The van der Waals surface area contributed by atoms with Crippen LogP contribution in [0.2, 0.25) is 5.02 Å². The van der Waals surface area contributed by atoms with Gasteiger partial charge in [0.25, 0.3) is 0 Å².